The fourth-order valence-corrected chi connectivity index (χ4v) is 3.11. The number of piperidine rings is 1. The first-order valence-electron chi connectivity index (χ1n) is 9.37. The Balaban J connectivity index is 1.84. The maximum Gasteiger partial charge on any atom is 0.409 e. The number of rotatable bonds is 6. The Morgan fingerprint density at radius 1 is 1.30 bits per heavy atom. The minimum absolute atomic E-state index is 0.232. The summed E-state index contributed by atoms with van der Waals surface area (Å²) in [7, 11) is 1.74. The van der Waals surface area contributed by atoms with Crippen molar-refractivity contribution in [3.63, 3.8) is 0 Å². The third-order valence-electron chi connectivity index (χ3n) is 4.36. The van der Waals surface area contributed by atoms with Gasteiger partial charge in [0.2, 0.25) is 0 Å². The highest BCUT2D eigenvalue weighted by Crippen LogP contribution is 2.23. The van der Waals surface area contributed by atoms with Gasteiger partial charge < -0.3 is 25.0 Å². The number of amides is 1. The molecule has 1 amide bonds. The lowest BCUT2D eigenvalue weighted by molar-refractivity contribution is 0.0963. The topological polar surface area (TPSA) is 75.2 Å². The van der Waals surface area contributed by atoms with Gasteiger partial charge in [0.05, 0.1) is 13.2 Å². The second-order valence-electron chi connectivity index (χ2n) is 6.22. The van der Waals surface area contributed by atoms with E-state index in [9.17, 15) is 4.79 Å². The Labute approximate surface area is 166 Å². The number of carbonyl (C=O) groups is 1. The summed E-state index contributed by atoms with van der Waals surface area (Å²) in [6.07, 6.45) is 1.47. The normalized spacial score (nSPS) is 15.4. The molecule has 0 aliphatic carbocycles. The van der Waals surface area contributed by atoms with Gasteiger partial charge in [0.15, 0.2) is 5.96 Å². The van der Waals surface area contributed by atoms with Crippen LogP contribution in [0.4, 0.5) is 4.79 Å². The molecule has 0 atom stereocenters. The Morgan fingerprint density at radius 3 is 2.67 bits per heavy atom. The molecule has 0 saturated carbocycles. The molecule has 1 aromatic rings. The first-order valence-corrected chi connectivity index (χ1v) is 9.75. The van der Waals surface area contributed by atoms with Gasteiger partial charge in [0.25, 0.3) is 0 Å². The zero-order valence-corrected chi connectivity index (χ0v) is 17.0. The van der Waals surface area contributed by atoms with Gasteiger partial charge in [0.1, 0.15) is 5.75 Å². The quantitative estimate of drug-likeness (QED) is 0.571. The maximum atomic E-state index is 11.8. The Morgan fingerprint density at radius 2 is 2.04 bits per heavy atom. The van der Waals surface area contributed by atoms with Gasteiger partial charge >= 0.3 is 6.09 Å². The van der Waals surface area contributed by atoms with Gasteiger partial charge in [-0.1, -0.05) is 17.7 Å². The fraction of sp³-hybridized carbons (Fsp3) is 0.579. The minimum atomic E-state index is -0.232. The van der Waals surface area contributed by atoms with Gasteiger partial charge in [-0.15, -0.1) is 0 Å². The van der Waals surface area contributed by atoms with Crippen molar-refractivity contribution in [2.24, 2.45) is 4.99 Å². The van der Waals surface area contributed by atoms with E-state index in [2.05, 4.69) is 15.6 Å². The summed E-state index contributed by atoms with van der Waals surface area (Å²) >= 11 is 6.05. The summed E-state index contributed by atoms with van der Waals surface area (Å²) in [5.74, 6) is 1.50. The lowest BCUT2D eigenvalue weighted by atomic mass is 10.1. The van der Waals surface area contributed by atoms with E-state index >= 15 is 0 Å². The van der Waals surface area contributed by atoms with Crippen LogP contribution in [0, 0.1) is 0 Å². The highest BCUT2D eigenvalue weighted by atomic mass is 35.5. The van der Waals surface area contributed by atoms with Crippen LogP contribution in [0.1, 0.15) is 32.3 Å². The van der Waals surface area contributed by atoms with Crippen LogP contribution < -0.4 is 15.4 Å². The molecule has 0 spiro atoms. The SMILES string of the molecule is CCOC(=O)N1CCC(NC(=NC)NCc2ccc(Cl)cc2OCC)CC1. The lowest BCUT2D eigenvalue weighted by Gasteiger charge is -2.32. The first-order chi connectivity index (χ1) is 13.1. The Kier molecular flexibility index (Phi) is 8.51. The predicted molar refractivity (Wildman–Crippen MR) is 108 cm³/mol. The van der Waals surface area contributed by atoms with Crippen LogP contribution in [0.15, 0.2) is 23.2 Å². The van der Waals surface area contributed by atoms with Crippen LogP contribution >= 0.6 is 11.6 Å². The van der Waals surface area contributed by atoms with Gasteiger partial charge in [-0.05, 0) is 38.8 Å². The summed E-state index contributed by atoms with van der Waals surface area (Å²) in [6.45, 7) is 6.69. The monoisotopic (exact) mass is 396 g/mol. The molecule has 1 heterocycles. The number of carbonyl (C=O) groups excluding carboxylic acids is 1. The Bertz CT molecular complexity index is 646. The number of halogens is 1. The molecule has 1 aliphatic heterocycles. The van der Waals surface area contributed by atoms with Gasteiger partial charge in [0, 0.05) is 43.3 Å². The van der Waals surface area contributed by atoms with Crippen molar-refractivity contribution in [1.29, 1.82) is 0 Å². The van der Waals surface area contributed by atoms with E-state index in [1.165, 1.54) is 0 Å². The lowest BCUT2D eigenvalue weighted by Crippen LogP contribution is -2.49. The molecule has 1 aliphatic rings. The average molecular weight is 397 g/mol. The molecule has 2 N–H and O–H groups in total. The molecule has 1 saturated heterocycles. The van der Waals surface area contributed by atoms with Crippen molar-refractivity contribution in [1.82, 2.24) is 15.5 Å². The van der Waals surface area contributed by atoms with Crippen LogP contribution in [-0.2, 0) is 11.3 Å². The number of hydrogen-bond donors (Lipinski definition) is 2. The number of ether oxygens (including phenoxy) is 2. The van der Waals surface area contributed by atoms with Crippen molar-refractivity contribution in [3.8, 4) is 5.75 Å². The smallest absolute Gasteiger partial charge is 0.409 e. The van der Waals surface area contributed by atoms with E-state index in [1.807, 2.05) is 32.0 Å². The maximum absolute atomic E-state index is 11.8. The van der Waals surface area contributed by atoms with E-state index < -0.39 is 0 Å². The van der Waals surface area contributed by atoms with Gasteiger partial charge in [-0.2, -0.15) is 0 Å². The van der Waals surface area contributed by atoms with Gasteiger partial charge in [-0.3, -0.25) is 4.99 Å². The molecule has 1 fully saturated rings. The van der Waals surface area contributed by atoms with Crippen LogP contribution in [-0.4, -0.2) is 56.3 Å². The fourth-order valence-electron chi connectivity index (χ4n) is 2.95. The predicted octanol–water partition coefficient (Wildman–Crippen LogP) is 3.02. The third-order valence-corrected chi connectivity index (χ3v) is 4.60. The number of benzene rings is 1. The van der Waals surface area contributed by atoms with E-state index in [1.54, 1.807) is 11.9 Å². The molecular weight excluding hydrogens is 368 g/mol. The molecule has 2 rings (SSSR count). The van der Waals surface area contributed by atoms with Crippen LogP contribution in [0.3, 0.4) is 0 Å². The first kappa shape index (κ1) is 21.2. The zero-order chi connectivity index (χ0) is 19.6. The average Bonchev–Trinajstić information content (AvgIpc) is 2.67. The number of aliphatic imine (C=N–C) groups is 1. The summed E-state index contributed by atoms with van der Waals surface area (Å²) in [5, 5.41) is 7.39. The highest BCUT2D eigenvalue weighted by molar-refractivity contribution is 6.30. The molecule has 0 bridgehead atoms. The Hall–Kier alpha value is -2.15. The zero-order valence-electron chi connectivity index (χ0n) is 16.3. The second kappa shape index (κ2) is 10.9. The highest BCUT2D eigenvalue weighted by Gasteiger charge is 2.24. The summed E-state index contributed by atoms with van der Waals surface area (Å²) < 4.78 is 10.7. The molecule has 27 heavy (non-hydrogen) atoms. The molecule has 7 nitrogen and oxygen atoms in total. The van der Waals surface area contributed by atoms with Crippen LogP contribution in [0.5, 0.6) is 5.75 Å². The number of likely N-dealkylation sites (tertiary alicyclic amines) is 1. The van der Waals surface area contributed by atoms with Crippen molar-refractivity contribution >= 4 is 23.7 Å². The second-order valence-corrected chi connectivity index (χ2v) is 6.65. The number of nitrogens with zero attached hydrogens (tertiary/aromatic N) is 2. The minimum Gasteiger partial charge on any atom is -0.493 e. The molecule has 0 aromatic heterocycles. The summed E-state index contributed by atoms with van der Waals surface area (Å²) in [4.78, 5) is 17.8. The molecule has 0 unspecified atom stereocenters. The molecular formula is C19H29ClN4O3. The van der Waals surface area contributed by atoms with Crippen LogP contribution in [0.25, 0.3) is 0 Å². The third kappa shape index (κ3) is 6.50. The van der Waals surface area contributed by atoms with Gasteiger partial charge in [-0.25, -0.2) is 4.79 Å². The molecule has 0 radical (unpaired) electrons. The van der Waals surface area contributed by atoms with Crippen molar-refractivity contribution in [2.45, 2.75) is 39.3 Å². The largest absolute Gasteiger partial charge is 0.493 e. The van der Waals surface area contributed by atoms with E-state index in [0.717, 1.165) is 30.1 Å². The van der Waals surface area contributed by atoms with Crippen LogP contribution in [0.2, 0.25) is 5.02 Å². The van der Waals surface area contributed by atoms with Crippen molar-refractivity contribution in [3.05, 3.63) is 28.8 Å². The van der Waals surface area contributed by atoms with Crippen molar-refractivity contribution in [2.75, 3.05) is 33.4 Å². The summed E-state index contributed by atoms with van der Waals surface area (Å²) in [6, 6.07) is 5.88. The number of guanidine groups is 1. The molecule has 150 valence electrons. The standard InChI is InChI=1S/C19H29ClN4O3/c1-4-26-17-12-15(20)7-6-14(17)13-22-18(21-3)23-16-8-10-24(11-9-16)19(25)27-5-2/h6-7,12,16H,4-5,8-11,13H2,1-3H3,(H2,21,22,23). The van der Waals surface area contributed by atoms with E-state index in [-0.39, 0.29) is 12.1 Å². The van der Waals surface area contributed by atoms with E-state index in [4.69, 9.17) is 21.1 Å². The van der Waals surface area contributed by atoms with E-state index in [0.29, 0.717) is 37.9 Å². The number of hydrogen-bond acceptors (Lipinski definition) is 4. The molecule has 8 heteroatoms. The number of nitrogens with one attached hydrogen (secondary N) is 2. The summed E-state index contributed by atoms with van der Waals surface area (Å²) in [5.41, 5.74) is 1.02. The van der Waals surface area contributed by atoms with Crippen molar-refractivity contribution < 1.29 is 14.3 Å². The molecule has 1 aromatic carbocycles.